The summed E-state index contributed by atoms with van der Waals surface area (Å²) in [7, 11) is 1.80. The number of ether oxygens (including phenoxy) is 1. The molecule has 0 saturated heterocycles. The van der Waals surface area contributed by atoms with Crippen LogP contribution in [0, 0.1) is 0 Å². The van der Waals surface area contributed by atoms with Gasteiger partial charge in [-0.1, -0.05) is 0 Å². The van der Waals surface area contributed by atoms with E-state index in [9.17, 15) is 4.79 Å². The number of carbonyl (C=O) groups is 1. The van der Waals surface area contributed by atoms with Gasteiger partial charge in [0.15, 0.2) is 0 Å². The van der Waals surface area contributed by atoms with E-state index in [1.807, 2.05) is 13.8 Å². The van der Waals surface area contributed by atoms with Crippen LogP contribution in [0.4, 0.5) is 0 Å². The van der Waals surface area contributed by atoms with Crippen molar-refractivity contribution in [2.24, 2.45) is 5.73 Å². The van der Waals surface area contributed by atoms with E-state index in [4.69, 9.17) is 10.5 Å². The van der Waals surface area contributed by atoms with Crippen LogP contribution in [-0.4, -0.2) is 42.6 Å². The third-order valence-electron chi connectivity index (χ3n) is 3.09. The Balaban J connectivity index is 2.27. The van der Waals surface area contributed by atoms with Crippen molar-refractivity contribution in [3.05, 3.63) is 0 Å². The molecule has 4 heteroatoms. The van der Waals surface area contributed by atoms with Gasteiger partial charge in [0.05, 0.1) is 6.10 Å². The molecular weight excluding hydrogens is 192 g/mol. The number of carbonyl (C=O) groups excluding carboxylic acids is 1. The summed E-state index contributed by atoms with van der Waals surface area (Å²) in [4.78, 5) is 13.3. The molecular formula is C11H22N2O2. The van der Waals surface area contributed by atoms with Gasteiger partial charge in [-0.25, -0.2) is 0 Å². The first kappa shape index (κ1) is 12.5. The Morgan fingerprint density at radius 2 is 2.20 bits per heavy atom. The van der Waals surface area contributed by atoms with Gasteiger partial charge < -0.3 is 15.4 Å². The zero-order valence-electron chi connectivity index (χ0n) is 9.90. The van der Waals surface area contributed by atoms with E-state index in [0.717, 1.165) is 19.3 Å². The van der Waals surface area contributed by atoms with E-state index in [2.05, 4.69) is 0 Å². The number of hydrogen-bond acceptors (Lipinski definition) is 3. The van der Waals surface area contributed by atoms with Crippen molar-refractivity contribution in [1.29, 1.82) is 0 Å². The SMILES string of the molecule is CC(C)N(C)C(=O)COC1CCCC1N. The first-order valence-electron chi connectivity index (χ1n) is 5.65. The second-order valence-corrected chi connectivity index (χ2v) is 4.54. The van der Waals surface area contributed by atoms with Gasteiger partial charge >= 0.3 is 0 Å². The molecule has 0 aromatic rings. The number of hydrogen-bond donors (Lipinski definition) is 1. The average Bonchev–Trinajstić information content (AvgIpc) is 2.59. The lowest BCUT2D eigenvalue weighted by molar-refractivity contribution is -0.138. The summed E-state index contributed by atoms with van der Waals surface area (Å²) in [5.74, 6) is 0.0316. The van der Waals surface area contributed by atoms with Crippen molar-refractivity contribution in [3.63, 3.8) is 0 Å². The maximum Gasteiger partial charge on any atom is 0.248 e. The topological polar surface area (TPSA) is 55.6 Å². The molecule has 0 heterocycles. The molecule has 1 fully saturated rings. The highest BCUT2D eigenvalue weighted by molar-refractivity contribution is 5.77. The summed E-state index contributed by atoms with van der Waals surface area (Å²) in [6.07, 6.45) is 3.19. The molecule has 15 heavy (non-hydrogen) atoms. The number of nitrogens with two attached hydrogens (primary N) is 1. The van der Waals surface area contributed by atoms with Gasteiger partial charge in [0.25, 0.3) is 0 Å². The standard InChI is InChI=1S/C11H22N2O2/c1-8(2)13(3)11(14)7-15-10-6-4-5-9(10)12/h8-10H,4-7,12H2,1-3H3. The Labute approximate surface area is 91.8 Å². The molecule has 1 aliphatic rings. The Kier molecular flexibility index (Phi) is 4.54. The predicted molar refractivity (Wildman–Crippen MR) is 59.5 cm³/mol. The van der Waals surface area contributed by atoms with E-state index in [1.165, 1.54) is 0 Å². The fourth-order valence-corrected chi connectivity index (χ4v) is 1.73. The molecule has 0 aromatic carbocycles. The van der Waals surface area contributed by atoms with Gasteiger partial charge in [-0.3, -0.25) is 4.79 Å². The van der Waals surface area contributed by atoms with Crippen LogP contribution in [0.15, 0.2) is 0 Å². The van der Waals surface area contributed by atoms with Crippen molar-refractivity contribution in [1.82, 2.24) is 4.90 Å². The molecule has 1 saturated carbocycles. The zero-order chi connectivity index (χ0) is 11.4. The fourth-order valence-electron chi connectivity index (χ4n) is 1.73. The largest absolute Gasteiger partial charge is 0.367 e. The van der Waals surface area contributed by atoms with Crippen molar-refractivity contribution in [2.45, 2.75) is 51.3 Å². The summed E-state index contributed by atoms with van der Waals surface area (Å²) >= 11 is 0. The van der Waals surface area contributed by atoms with E-state index in [-0.39, 0.29) is 30.7 Å². The summed E-state index contributed by atoms with van der Waals surface area (Å²) < 4.78 is 5.53. The van der Waals surface area contributed by atoms with Gasteiger partial charge in [0, 0.05) is 19.1 Å². The van der Waals surface area contributed by atoms with Gasteiger partial charge in [0.2, 0.25) is 5.91 Å². The Hall–Kier alpha value is -0.610. The lowest BCUT2D eigenvalue weighted by Crippen LogP contribution is -2.39. The second-order valence-electron chi connectivity index (χ2n) is 4.54. The molecule has 2 unspecified atom stereocenters. The van der Waals surface area contributed by atoms with Crippen LogP contribution < -0.4 is 5.73 Å². The molecule has 88 valence electrons. The third kappa shape index (κ3) is 3.47. The number of nitrogens with zero attached hydrogens (tertiary/aromatic N) is 1. The van der Waals surface area contributed by atoms with Gasteiger partial charge in [-0.15, -0.1) is 0 Å². The van der Waals surface area contributed by atoms with Crippen LogP contribution in [0.3, 0.4) is 0 Å². The fraction of sp³-hybridized carbons (Fsp3) is 0.909. The minimum Gasteiger partial charge on any atom is -0.367 e. The molecule has 2 atom stereocenters. The molecule has 1 aliphatic carbocycles. The molecule has 1 amide bonds. The van der Waals surface area contributed by atoms with Crippen molar-refractivity contribution in [3.8, 4) is 0 Å². The lowest BCUT2D eigenvalue weighted by atomic mass is 10.2. The molecule has 0 aromatic heterocycles. The molecule has 1 rings (SSSR count). The predicted octanol–water partition coefficient (Wildman–Crippen LogP) is 0.750. The lowest BCUT2D eigenvalue weighted by Gasteiger charge is -2.23. The van der Waals surface area contributed by atoms with E-state index < -0.39 is 0 Å². The van der Waals surface area contributed by atoms with Crippen LogP contribution in [0.5, 0.6) is 0 Å². The van der Waals surface area contributed by atoms with Crippen LogP contribution in [0.1, 0.15) is 33.1 Å². The quantitative estimate of drug-likeness (QED) is 0.751. The molecule has 0 radical (unpaired) electrons. The van der Waals surface area contributed by atoms with Gasteiger partial charge in [0.1, 0.15) is 6.61 Å². The summed E-state index contributed by atoms with van der Waals surface area (Å²) in [6, 6.07) is 0.334. The number of likely N-dealkylation sites (N-methyl/N-ethyl adjacent to an activating group) is 1. The van der Waals surface area contributed by atoms with Crippen LogP contribution in [0.2, 0.25) is 0 Å². The normalized spacial score (nSPS) is 25.9. The van der Waals surface area contributed by atoms with E-state index >= 15 is 0 Å². The van der Waals surface area contributed by atoms with Gasteiger partial charge in [-0.05, 0) is 33.1 Å². The molecule has 0 bridgehead atoms. The minimum absolute atomic E-state index is 0.0316. The van der Waals surface area contributed by atoms with E-state index in [0.29, 0.717) is 0 Å². The third-order valence-corrected chi connectivity index (χ3v) is 3.09. The highest BCUT2D eigenvalue weighted by atomic mass is 16.5. The average molecular weight is 214 g/mol. The van der Waals surface area contributed by atoms with Crippen molar-refractivity contribution in [2.75, 3.05) is 13.7 Å². The zero-order valence-corrected chi connectivity index (χ0v) is 9.90. The van der Waals surface area contributed by atoms with E-state index in [1.54, 1.807) is 11.9 Å². The highest BCUT2D eigenvalue weighted by Crippen LogP contribution is 2.20. The smallest absolute Gasteiger partial charge is 0.248 e. The summed E-state index contributed by atoms with van der Waals surface area (Å²) in [5.41, 5.74) is 5.85. The maximum atomic E-state index is 11.6. The number of amides is 1. The first-order chi connectivity index (χ1) is 7.02. The second kappa shape index (κ2) is 5.47. The molecule has 0 spiro atoms. The van der Waals surface area contributed by atoms with Gasteiger partial charge in [-0.2, -0.15) is 0 Å². The van der Waals surface area contributed by atoms with Crippen LogP contribution in [-0.2, 0) is 9.53 Å². The Morgan fingerprint density at radius 1 is 1.53 bits per heavy atom. The number of rotatable bonds is 4. The first-order valence-corrected chi connectivity index (χ1v) is 5.65. The molecule has 0 aliphatic heterocycles. The Bertz CT molecular complexity index is 219. The van der Waals surface area contributed by atoms with Crippen molar-refractivity contribution < 1.29 is 9.53 Å². The van der Waals surface area contributed by atoms with Crippen molar-refractivity contribution >= 4 is 5.91 Å². The maximum absolute atomic E-state index is 11.6. The highest BCUT2D eigenvalue weighted by Gasteiger charge is 2.25. The van der Waals surface area contributed by atoms with Crippen LogP contribution >= 0.6 is 0 Å². The molecule has 4 nitrogen and oxygen atoms in total. The monoisotopic (exact) mass is 214 g/mol. The summed E-state index contributed by atoms with van der Waals surface area (Å²) in [6.45, 7) is 4.13. The summed E-state index contributed by atoms with van der Waals surface area (Å²) in [5, 5.41) is 0. The minimum atomic E-state index is 0.0316. The molecule has 2 N–H and O–H groups in total. The van der Waals surface area contributed by atoms with Crippen LogP contribution in [0.25, 0.3) is 0 Å². The Morgan fingerprint density at radius 3 is 2.67 bits per heavy atom.